The Morgan fingerprint density at radius 2 is 1.57 bits per heavy atom. The van der Waals surface area contributed by atoms with Crippen LogP contribution in [0.5, 0.6) is 0 Å². The van der Waals surface area contributed by atoms with Crippen molar-refractivity contribution in [1.82, 2.24) is 0 Å². The first-order valence-corrected chi connectivity index (χ1v) is 6.64. The van der Waals surface area contributed by atoms with Crippen LogP contribution in [0.4, 0.5) is 24.5 Å². The number of halogens is 4. The summed E-state index contributed by atoms with van der Waals surface area (Å²) in [6.07, 6.45) is -4.51. The largest absolute Gasteiger partial charge is 0.417 e. The minimum atomic E-state index is -4.51. The van der Waals surface area contributed by atoms with E-state index < -0.39 is 11.7 Å². The Morgan fingerprint density at radius 3 is 2.19 bits per heavy atom. The molecule has 0 aliphatic heterocycles. The molecule has 21 heavy (non-hydrogen) atoms. The molecule has 2 N–H and O–H groups in total. The van der Waals surface area contributed by atoms with Gasteiger partial charge in [-0.15, -0.1) is 0 Å². The maximum absolute atomic E-state index is 12.8. The molecule has 0 saturated heterocycles. The number of thiocarbonyl (C=S) groups is 1. The lowest BCUT2D eigenvalue weighted by atomic mass is 10.2. The Bertz CT molecular complexity index is 644. The molecule has 2 aromatic carbocycles. The van der Waals surface area contributed by atoms with Crippen molar-refractivity contribution in [3.05, 3.63) is 59.1 Å². The van der Waals surface area contributed by atoms with Gasteiger partial charge >= 0.3 is 6.18 Å². The van der Waals surface area contributed by atoms with E-state index in [1.165, 1.54) is 12.1 Å². The highest BCUT2D eigenvalue weighted by Crippen LogP contribution is 2.36. The molecule has 0 aromatic heterocycles. The SMILES string of the molecule is FC(F)(F)c1cc(NC(=S)Nc2ccccc2)ccc1Cl. The third-order valence-electron chi connectivity index (χ3n) is 2.56. The summed E-state index contributed by atoms with van der Waals surface area (Å²) in [5, 5.41) is 5.40. The first kappa shape index (κ1) is 15.6. The van der Waals surface area contributed by atoms with E-state index in [9.17, 15) is 13.2 Å². The fraction of sp³-hybridized carbons (Fsp3) is 0.0714. The lowest BCUT2D eigenvalue weighted by Crippen LogP contribution is -2.19. The van der Waals surface area contributed by atoms with Gasteiger partial charge in [-0.1, -0.05) is 29.8 Å². The van der Waals surface area contributed by atoms with Crippen molar-refractivity contribution in [1.29, 1.82) is 0 Å². The Hall–Kier alpha value is -1.79. The minimum absolute atomic E-state index is 0.191. The molecule has 0 unspecified atom stereocenters. The molecule has 0 heterocycles. The summed E-state index contributed by atoms with van der Waals surface area (Å²) in [6.45, 7) is 0. The predicted molar refractivity (Wildman–Crippen MR) is 82.7 cm³/mol. The van der Waals surface area contributed by atoms with Gasteiger partial charge in [0, 0.05) is 11.4 Å². The molecule has 0 aliphatic rings. The van der Waals surface area contributed by atoms with Crippen molar-refractivity contribution in [2.75, 3.05) is 10.6 Å². The molecule has 2 nitrogen and oxygen atoms in total. The number of hydrogen-bond donors (Lipinski definition) is 2. The van der Waals surface area contributed by atoms with E-state index in [2.05, 4.69) is 10.6 Å². The molecule has 0 atom stereocenters. The van der Waals surface area contributed by atoms with Gasteiger partial charge in [-0.2, -0.15) is 13.2 Å². The number of benzene rings is 2. The number of nitrogens with one attached hydrogen (secondary N) is 2. The summed E-state index contributed by atoms with van der Waals surface area (Å²) in [5.41, 5.74) is 0.0387. The van der Waals surface area contributed by atoms with Gasteiger partial charge in [0.25, 0.3) is 0 Å². The molecule has 0 bridgehead atoms. The summed E-state index contributed by atoms with van der Waals surface area (Å²) in [5.74, 6) is 0. The van der Waals surface area contributed by atoms with E-state index in [0.717, 1.165) is 11.8 Å². The first-order valence-electron chi connectivity index (χ1n) is 5.86. The van der Waals surface area contributed by atoms with Gasteiger partial charge in [-0.3, -0.25) is 0 Å². The average molecular weight is 331 g/mol. The van der Waals surface area contributed by atoms with Crippen LogP contribution in [0.25, 0.3) is 0 Å². The topological polar surface area (TPSA) is 24.1 Å². The summed E-state index contributed by atoms with van der Waals surface area (Å²) in [4.78, 5) is 0. The second-order valence-electron chi connectivity index (χ2n) is 4.14. The Balaban J connectivity index is 2.11. The van der Waals surface area contributed by atoms with E-state index >= 15 is 0 Å². The van der Waals surface area contributed by atoms with Gasteiger partial charge in [0.15, 0.2) is 5.11 Å². The van der Waals surface area contributed by atoms with E-state index in [4.69, 9.17) is 23.8 Å². The van der Waals surface area contributed by atoms with Crippen molar-refractivity contribution < 1.29 is 13.2 Å². The van der Waals surface area contributed by atoms with Crippen LogP contribution in [0.2, 0.25) is 5.02 Å². The van der Waals surface area contributed by atoms with Crippen LogP contribution in [-0.2, 0) is 6.18 Å². The van der Waals surface area contributed by atoms with Crippen LogP contribution in [0.1, 0.15) is 5.56 Å². The van der Waals surface area contributed by atoms with Crippen LogP contribution >= 0.6 is 23.8 Å². The molecule has 0 saturated carbocycles. The van der Waals surface area contributed by atoms with Gasteiger partial charge in [0.05, 0.1) is 10.6 Å². The molecular weight excluding hydrogens is 321 g/mol. The maximum Gasteiger partial charge on any atom is 0.417 e. The molecule has 0 radical (unpaired) electrons. The predicted octanol–water partition coefficient (Wildman–Crippen LogP) is 5.17. The Kier molecular flexibility index (Phi) is 4.69. The molecule has 2 aromatic rings. The summed E-state index contributed by atoms with van der Waals surface area (Å²) in [7, 11) is 0. The van der Waals surface area contributed by atoms with Crippen molar-refractivity contribution in [2.24, 2.45) is 0 Å². The van der Waals surface area contributed by atoms with Crippen molar-refractivity contribution >= 4 is 40.3 Å². The molecule has 0 aliphatic carbocycles. The number of hydrogen-bond acceptors (Lipinski definition) is 1. The zero-order valence-electron chi connectivity index (χ0n) is 10.5. The minimum Gasteiger partial charge on any atom is -0.332 e. The van der Waals surface area contributed by atoms with Gasteiger partial charge in [0.2, 0.25) is 0 Å². The molecule has 110 valence electrons. The zero-order chi connectivity index (χ0) is 15.5. The number of alkyl halides is 3. The van der Waals surface area contributed by atoms with Crippen molar-refractivity contribution in [3.63, 3.8) is 0 Å². The smallest absolute Gasteiger partial charge is 0.332 e. The molecule has 0 amide bonds. The molecular formula is C14H10ClF3N2S. The third-order valence-corrected chi connectivity index (χ3v) is 3.09. The van der Waals surface area contributed by atoms with E-state index in [1.54, 1.807) is 12.1 Å². The number of rotatable bonds is 2. The van der Waals surface area contributed by atoms with Crippen LogP contribution < -0.4 is 10.6 Å². The van der Waals surface area contributed by atoms with E-state index in [1.807, 2.05) is 18.2 Å². The lowest BCUT2D eigenvalue weighted by molar-refractivity contribution is -0.137. The highest BCUT2D eigenvalue weighted by atomic mass is 35.5. The average Bonchev–Trinajstić information content (AvgIpc) is 2.41. The summed E-state index contributed by atoms with van der Waals surface area (Å²) >= 11 is 10.6. The molecule has 7 heteroatoms. The quantitative estimate of drug-likeness (QED) is 0.743. The summed E-state index contributed by atoms with van der Waals surface area (Å²) < 4.78 is 38.3. The van der Waals surface area contributed by atoms with Gasteiger partial charge in [0.1, 0.15) is 0 Å². The van der Waals surface area contributed by atoms with Crippen LogP contribution in [0.3, 0.4) is 0 Å². The fourth-order valence-corrected chi connectivity index (χ4v) is 2.10. The monoisotopic (exact) mass is 330 g/mol. The summed E-state index contributed by atoms with van der Waals surface area (Å²) in [6, 6.07) is 12.6. The van der Waals surface area contributed by atoms with Crippen LogP contribution in [0, 0.1) is 0 Å². The molecule has 2 rings (SSSR count). The Labute approximate surface area is 129 Å². The van der Waals surface area contributed by atoms with Gasteiger partial charge in [-0.05, 0) is 42.5 Å². The highest BCUT2D eigenvalue weighted by molar-refractivity contribution is 7.80. The normalized spacial score (nSPS) is 11.0. The number of anilines is 2. The van der Waals surface area contributed by atoms with E-state index in [-0.39, 0.29) is 15.8 Å². The highest BCUT2D eigenvalue weighted by Gasteiger charge is 2.33. The van der Waals surface area contributed by atoms with E-state index in [0.29, 0.717) is 0 Å². The first-order chi connectivity index (χ1) is 9.86. The van der Waals surface area contributed by atoms with Crippen molar-refractivity contribution in [3.8, 4) is 0 Å². The third kappa shape index (κ3) is 4.34. The maximum atomic E-state index is 12.8. The molecule has 0 fully saturated rings. The van der Waals surface area contributed by atoms with Crippen LogP contribution in [-0.4, -0.2) is 5.11 Å². The van der Waals surface area contributed by atoms with Crippen LogP contribution in [0.15, 0.2) is 48.5 Å². The Morgan fingerprint density at radius 1 is 0.952 bits per heavy atom. The second-order valence-corrected chi connectivity index (χ2v) is 4.95. The second kappa shape index (κ2) is 6.32. The van der Waals surface area contributed by atoms with Gasteiger partial charge < -0.3 is 10.6 Å². The lowest BCUT2D eigenvalue weighted by Gasteiger charge is -2.13. The molecule has 0 spiro atoms. The van der Waals surface area contributed by atoms with Crippen molar-refractivity contribution in [2.45, 2.75) is 6.18 Å². The number of para-hydroxylation sites is 1. The van der Waals surface area contributed by atoms with Gasteiger partial charge in [-0.25, -0.2) is 0 Å². The standard InChI is InChI=1S/C14H10ClF3N2S/c15-12-7-6-10(8-11(12)14(16,17)18)20-13(21)19-9-4-2-1-3-5-9/h1-8H,(H2,19,20,21). The zero-order valence-corrected chi connectivity index (χ0v) is 12.1. The fourth-order valence-electron chi connectivity index (χ4n) is 1.64.